The van der Waals surface area contributed by atoms with E-state index in [0.717, 1.165) is 6.07 Å². The summed E-state index contributed by atoms with van der Waals surface area (Å²) in [6, 6.07) is 2.21. The zero-order chi connectivity index (χ0) is 14.1. The number of hydrogen-bond donors (Lipinski definition) is 1. The quantitative estimate of drug-likeness (QED) is 0.516. The maximum absolute atomic E-state index is 13.1. The van der Waals surface area contributed by atoms with Gasteiger partial charge in [-0.2, -0.15) is 13.2 Å². The second-order valence-electron chi connectivity index (χ2n) is 3.58. The molecule has 0 fully saturated rings. The lowest BCUT2D eigenvalue weighted by Gasteiger charge is -2.25. The second-order valence-corrected chi connectivity index (χ2v) is 4.10. The minimum atomic E-state index is -4.81. The first-order valence-electron chi connectivity index (χ1n) is 5.03. The van der Waals surface area contributed by atoms with Crippen molar-refractivity contribution in [3.05, 3.63) is 41.9 Å². The fraction of sp³-hybridized carbons (Fsp3) is 0.182. The van der Waals surface area contributed by atoms with E-state index in [9.17, 15) is 17.6 Å². The summed E-state index contributed by atoms with van der Waals surface area (Å²) in [5, 5.41) is 0.766. The Morgan fingerprint density at radius 3 is 2.63 bits per heavy atom. The minimum Gasteiger partial charge on any atom is -0.436 e. The molecule has 0 saturated carbocycles. The number of aliphatic imine (C=N–C) groups is 1. The van der Waals surface area contributed by atoms with Gasteiger partial charge in [0.1, 0.15) is 11.6 Å². The van der Waals surface area contributed by atoms with Crippen molar-refractivity contribution in [2.24, 2.45) is 4.99 Å². The first-order valence-corrected chi connectivity index (χ1v) is 5.41. The van der Waals surface area contributed by atoms with Crippen molar-refractivity contribution >= 4 is 17.8 Å². The van der Waals surface area contributed by atoms with Crippen molar-refractivity contribution in [2.75, 3.05) is 0 Å². The number of nitrogens with zero attached hydrogens (tertiary/aromatic N) is 1. The number of allylic oxidation sites excluding steroid dienone is 1. The van der Waals surface area contributed by atoms with Gasteiger partial charge >= 0.3 is 11.5 Å². The lowest BCUT2D eigenvalue weighted by molar-refractivity contribution is -0.140. The predicted octanol–water partition coefficient (Wildman–Crippen LogP) is 3.26. The zero-order valence-electron chi connectivity index (χ0n) is 9.21. The monoisotopic (exact) mass is 294 g/mol. The Hall–Kier alpha value is -1.76. The maximum atomic E-state index is 13.1. The fourth-order valence-electron chi connectivity index (χ4n) is 1.37. The number of rotatable bonds is 2. The van der Waals surface area contributed by atoms with E-state index in [4.69, 9.17) is 16.3 Å². The summed E-state index contributed by atoms with van der Waals surface area (Å²) in [5.74, 6) is -1.65. The Morgan fingerprint density at radius 2 is 2.05 bits per heavy atom. The van der Waals surface area contributed by atoms with Crippen LogP contribution >= 0.6 is 11.6 Å². The van der Waals surface area contributed by atoms with Gasteiger partial charge in [0.2, 0.25) is 0 Å². The Morgan fingerprint density at radius 1 is 1.32 bits per heavy atom. The summed E-state index contributed by atoms with van der Waals surface area (Å²) in [7, 11) is 0. The molecule has 0 aromatic heterocycles. The molecular weight excluding hydrogens is 288 g/mol. The molecule has 1 aliphatic rings. The van der Waals surface area contributed by atoms with Gasteiger partial charge in [-0.3, -0.25) is 0 Å². The molecule has 19 heavy (non-hydrogen) atoms. The minimum absolute atomic E-state index is 0.260. The summed E-state index contributed by atoms with van der Waals surface area (Å²) in [6.07, 6.45) is -0.562. The molecule has 1 aliphatic heterocycles. The lowest BCUT2D eigenvalue weighted by Crippen LogP contribution is -2.41. The molecule has 0 radical (unpaired) electrons. The van der Waals surface area contributed by atoms with Crippen LogP contribution in [0.4, 0.5) is 17.6 Å². The van der Waals surface area contributed by atoms with Gasteiger partial charge in [0, 0.05) is 12.4 Å². The smallest absolute Gasteiger partial charge is 0.419 e. The summed E-state index contributed by atoms with van der Waals surface area (Å²) in [5.41, 5.74) is -1.43. The highest BCUT2D eigenvalue weighted by Crippen LogP contribution is 2.34. The predicted molar refractivity (Wildman–Crippen MR) is 61.4 cm³/mol. The van der Waals surface area contributed by atoms with Crippen LogP contribution in [-0.2, 0) is 6.18 Å². The zero-order valence-corrected chi connectivity index (χ0v) is 9.97. The molecule has 0 aliphatic carbocycles. The average molecular weight is 295 g/mol. The first-order chi connectivity index (χ1) is 8.80. The number of alkyl halides is 4. The lowest BCUT2D eigenvalue weighted by atomic mass is 10.2. The topological polar surface area (TPSA) is 33.6 Å². The largest absolute Gasteiger partial charge is 0.436 e. The molecule has 0 bridgehead atoms. The Labute approximate surface area is 110 Å². The van der Waals surface area contributed by atoms with Crippen LogP contribution in [-0.4, -0.2) is 11.5 Å². The molecule has 102 valence electrons. The van der Waals surface area contributed by atoms with Crippen molar-refractivity contribution in [1.82, 2.24) is 5.32 Å². The van der Waals surface area contributed by atoms with Gasteiger partial charge in [-0.1, -0.05) is 0 Å². The van der Waals surface area contributed by atoms with Crippen molar-refractivity contribution in [3.63, 3.8) is 0 Å². The number of halogens is 5. The van der Waals surface area contributed by atoms with Crippen LogP contribution < -0.4 is 10.1 Å². The Balaban J connectivity index is 2.27. The number of hydrogen-bond acceptors (Lipinski definition) is 3. The van der Waals surface area contributed by atoms with E-state index < -0.39 is 22.9 Å². The SMILES string of the molecule is Fc1ccc(OC2(Cl)N=CC=CN2)cc1C(F)(F)F. The molecule has 0 amide bonds. The molecule has 2 rings (SSSR count). The standard InChI is InChI=1S/C11H7ClF4N2O/c12-11(17-4-1-5-18-11)19-7-2-3-9(13)8(6-7)10(14,15)16/h1-6,17H. The molecule has 1 N–H and O–H groups in total. The Bertz CT molecular complexity index is 544. The summed E-state index contributed by atoms with van der Waals surface area (Å²) >= 11 is 5.86. The van der Waals surface area contributed by atoms with Crippen LogP contribution in [0.25, 0.3) is 0 Å². The second kappa shape index (κ2) is 4.73. The number of nitrogens with one attached hydrogen (secondary N) is 1. The van der Waals surface area contributed by atoms with Crippen LogP contribution in [0.1, 0.15) is 5.56 Å². The molecule has 1 atom stereocenters. The Kier molecular flexibility index (Phi) is 3.40. The maximum Gasteiger partial charge on any atom is 0.419 e. The molecular formula is C11H7ClF4N2O. The van der Waals surface area contributed by atoms with Crippen LogP contribution in [0, 0.1) is 5.82 Å². The van der Waals surface area contributed by atoms with Gasteiger partial charge in [0.15, 0.2) is 0 Å². The van der Waals surface area contributed by atoms with Gasteiger partial charge in [0.25, 0.3) is 0 Å². The molecule has 0 spiro atoms. The van der Waals surface area contributed by atoms with Crippen molar-refractivity contribution in [3.8, 4) is 5.75 Å². The third kappa shape index (κ3) is 3.17. The third-order valence-corrected chi connectivity index (χ3v) is 2.46. The number of ether oxygens (including phenoxy) is 1. The summed E-state index contributed by atoms with van der Waals surface area (Å²) in [4.78, 5) is 3.72. The van der Waals surface area contributed by atoms with Crippen molar-refractivity contribution in [1.29, 1.82) is 0 Å². The van der Waals surface area contributed by atoms with E-state index in [0.29, 0.717) is 12.1 Å². The van der Waals surface area contributed by atoms with E-state index in [-0.39, 0.29) is 5.75 Å². The van der Waals surface area contributed by atoms with E-state index in [1.165, 1.54) is 18.5 Å². The normalized spacial score (nSPS) is 22.2. The number of benzene rings is 1. The van der Waals surface area contributed by atoms with E-state index >= 15 is 0 Å². The fourth-order valence-corrected chi connectivity index (χ4v) is 1.58. The van der Waals surface area contributed by atoms with E-state index in [1.807, 2.05) is 0 Å². The van der Waals surface area contributed by atoms with Crippen molar-refractivity contribution in [2.45, 2.75) is 11.5 Å². The summed E-state index contributed by atoms with van der Waals surface area (Å²) < 4.78 is 55.7. The average Bonchev–Trinajstić information content (AvgIpc) is 2.31. The van der Waals surface area contributed by atoms with Crippen LogP contribution in [0.2, 0.25) is 0 Å². The van der Waals surface area contributed by atoms with Gasteiger partial charge < -0.3 is 10.1 Å². The molecule has 1 aromatic rings. The molecule has 0 saturated heterocycles. The van der Waals surface area contributed by atoms with Crippen LogP contribution in [0.5, 0.6) is 5.75 Å². The van der Waals surface area contributed by atoms with Gasteiger partial charge in [-0.15, -0.1) is 0 Å². The molecule has 8 heteroatoms. The highest BCUT2D eigenvalue weighted by atomic mass is 35.5. The molecule has 1 aromatic carbocycles. The summed E-state index contributed by atoms with van der Waals surface area (Å²) in [6.45, 7) is 0. The van der Waals surface area contributed by atoms with E-state index in [2.05, 4.69) is 10.3 Å². The van der Waals surface area contributed by atoms with E-state index in [1.54, 1.807) is 0 Å². The molecule has 1 heterocycles. The van der Waals surface area contributed by atoms with Crippen molar-refractivity contribution < 1.29 is 22.3 Å². The first kappa shape index (κ1) is 13.7. The highest BCUT2D eigenvalue weighted by molar-refractivity contribution is 6.23. The van der Waals surface area contributed by atoms with Crippen LogP contribution in [0.3, 0.4) is 0 Å². The third-order valence-electron chi connectivity index (χ3n) is 2.18. The van der Waals surface area contributed by atoms with Gasteiger partial charge in [0.05, 0.1) is 5.56 Å². The van der Waals surface area contributed by atoms with Gasteiger partial charge in [-0.25, -0.2) is 9.38 Å². The van der Waals surface area contributed by atoms with Crippen LogP contribution in [0.15, 0.2) is 35.5 Å². The van der Waals surface area contributed by atoms with Gasteiger partial charge in [-0.05, 0) is 35.9 Å². The molecule has 1 unspecified atom stereocenters. The highest BCUT2D eigenvalue weighted by Gasteiger charge is 2.35. The molecule has 3 nitrogen and oxygen atoms in total.